The molecule has 0 atom stereocenters. The van der Waals surface area contributed by atoms with Crippen molar-refractivity contribution >= 4 is 55.4 Å². The second-order valence-electron chi connectivity index (χ2n) is 7.46. The molecule has 6 heteroatoms. The summed E-state index contributed by atoms with van der Waals surface area (Å²) in [5.74, 6) is 1.59. The molecular weight excluding hydrogens is 448 g/mol. The third-order valence-corrected chi connectivity index (χ3v) is 6.66. The number of thioether (sulfide) groups is 1. The predicted octanol–water partition coefficient (Wildman–Crippen LogP) is 6.89. The van der Waals surface area contributed by atoms with Crippen LogP contribution < -0.4 is 0 Å². The minimum atomic E-state index is -0.122. The number of benzene rings is 2. The minimum absolute atomic E-state index is 0.122. The molecule has 0 radical (unpaired) electrons. The van der Waals surface area contributed by atoms with Crippen LogP contribution in [0.3, 0.4) is 0 Å². The van der Waals surface area contributed by atoms with E-state index in [4.69, 9.17) is 9.41 Å². The van der Waals surface area contributed by atoms with E-state index >= 15 is 0 Å². The van der Waals surface area contributed by atoms with Gasteiger partial charge >= 0.3 is 0 Å². The number of carbonyl (C=O) groups excluding carboxylic acids is 1. The van der Waals surface area contributed by atoms with Crippen molar-refractivity contribution < 1.29 is 9.21 Å². The first kappa shape index (κ1) is 20.2. The molecule has 3 aromatic rings. The van der Waals surface area contributed by atoms with Crippen molar-refractivity contribution in [1.29, 1.82) is 0 Å². The lowest BCUT2D eigenvalue weighted by molar-refractivity contribution is 0.0820. The summed E-state index contributed by atoms with van der Waals surface area (Å²) in [4.78, 5) is 20.1. The van der Waals surface area contributed by atoms with Crippen molar-refractivity contribution in [1.82, 2.24) is 4.90 Å². The summed E-state index contributed by atoms with van der Waals surface area (Å²) in [5, 5.41) is 1.70. The number of para-hydroxylation sites is 1. The van der Waals surface area contributed by atoms with Gasteiger partial charge in [-0.1, -0.05) is 59.7 Å². The molecule has 1 aliphatic rings. The van der Waals surface area contributed by atoms with Crippen LogP contribution in [0.15, 0.2) is 56.3 Å². The lowest BCUT2D eigenvalue weighted by Crippen LogP contribution is -2.39. The van der Waals surface area contributed by atoms with Crippen LogP contribution in [0.2, 0.25) is 0 Å². The Morgan fingerprint density at radius 2 is 2.03 bits per heavy atom. The van der Waals surface area contributed by atoms with Crippen molar-refractivity contribution in [2.45, 2.75) is 33.1 Å². The standard InChI is InChI=1S/C23H23BrN2O2S/c1-14(2)17-7-4-5-8-19(17)25-23-26(11-6-12-29-23)22(27)21-15(3)18-13-16(24)9-10-20(18)28-21/h4-5,7-10,13-14H,6,11-12H2,1-3H3. The van der Waals surface area contributed by atoms with Crippen molar-refractivity contribution in [3.05, 3.63) is 63.8 Å². The number of hydrogen-bond donors (Lipinski definition) is 0. The molecule has 1 amide bonds. The van der Waals surface area contributed by atoms with Gasteiger partial charge in [-0.25, -0.2) is 4.99 Å². The molecule has 1 aliphatic heterocycles. The Balaban J connectivity index is 1.73. The highest BCUT2D eigenvalue weighted by Gasteiger charge is 2.29. The van der Waals surface area contributed by atoms with Crippen LogP contribution in [0, 0.1) is 6.92 Å². The van der Waals surface area contributed by atoms with Gasteiger partial charge in [-0.2, -0.15) is 0 Å². The zero-order valence-electron chi connectivity index (χ0n) is 16.7. The largest absolute Gasteiger partial charge is 0.451 e. The van der Waals surface area contributed by atoms with Gasteiger partial charge < -0.3 is 4.42 Å². The fourth-order valence-corrected chi connectivity index (χ4v) is 4.85. The number of halogens is 1. The Bertz CT molecular complexity index is 1100. The molecule has 4 nitrogen and oxygen atoms in total. The molecule has 4 rings (SSSR count). The van der Waals surface area contributed by atoms with E-state index in [1.54, 1.807) is 16.7 Å². The first-order valence-corrected chi connectivity index (χ1v) is 11.5. The smallest absolute Gasteiger partial charge is 0.295 e. The molecule has 150 valence electrons. The van der Waals surface area contributed by atoms with Crippen molar-refractivity contribution in [3.8, 4) is 0 Å². The van der Waals surface area contributed by atoms with Crippen molar-refractivity contribution in [3.63, 3.8) is 0 Å². The summed E-state index contributed by atoms with van der Waals surface area (Å²) < 4.78 is 6.92. The zero-order valence-corrected chi connectivity index (χ0v) is 19.1. The average molecular weight is 471 g/mol. The van der Waals surface area contributed by atoms with E-state index in [0.717, 1.165) is 44.0 Å². The highest BCUT2D eigenvalue weighted by molar-refractivity contribution is 9.10. The number of hydrogen-bond acceptors (Lipinski definition) is 4. The van der Waals surface area contributed by atoms with E-state index in [-0.39, 0.29) is 5.91 Å². The number of amidine groups is 1. The summed E-state index contributed by atoms with van der Waals surface area (Å²) in [6, 6.07) is 13.9. The third kappa shape index (κ3) is 4.01. The van der Waals surface area contributed by atoms with Crippen LogP contribution in [0.25, 0.3) is 11.0 Å². The van der Waals surface area contributed by atoms with Gasteiger partial charge in [-0.05, 0) is 49.1 Å². The molecule has 2 aromatic carbocycles. The van der Waals surface area contributed by atoms with Gasteiger partial charge in [0.2, 0.25) is 0 Å². The van der Waals surface area contributed by atoms with Gasteiger partial charge in [-0.15, -0.1) is 0 Å². The number of aryl methyl sites for hydroxylation is 1. The fourth-order valence-electron chi connectivity index (χ4n) is 3.54. The lowest BCUT2D eigenvalue weighted by Gasteiger charge is -2.27. The Morgan fingerprint density at radius 1 is 1.24 bits per heavy atom. The van der Waals surface area contributed by atoms with E-state index in [1.807, 2.05) is 43.3 Å². The van der Waals surface area contributed by atoms with Gasteiger partial charge in [0.25, 0.3) is 5.91 Å². The van der Waals surface area contributed by atoms with Crippen LogP contribution in [-0.4, -0.2) is 28.3 Å². The molecule has 1 fully saturated rings. The van der Waals surface area contributed by atoms with E-state index in [0.29, 0.717) is 18.2 Å². The molecule has 0 aliphatic carbocycles. The van der Waals surface area contributed by atoms with Crippen molar-refractivity contribution in [2.75, 3.05) is 12.3 Å². The summed E-state index contributed by atoms with van der Waals surface area (Å²) in [5.41, 5.74) is 3.70. The Labute approximate surface area is 183 Å². The normalized spacial score (nSPS) is 16.2. The highest BCUT2D eigenvalue weighted by Crippen LogP contribution is 2.32. The molecule has 0 bridgehead atoms. The van der Waals surface area contributed by atoms with E-state index in [2.05, 4.69) is 35.8 Å². The van der Waals surface area contributed by atoms with E-state index < -0.39 is 0 Å². The van der Waals surface area contributed by atoms with E-state index in [1.165, 1.54) is 5.56 Å². The molecule has 2 heterocycles. The summed E-state index contributed by atoms with van der Waals surface area (Å²) in [6.07, 6.45) is 0.937. The average Bonchev–Trinajstić information content (AvgIpc) is 3.04. The van der Waals surface area contributed by atoms with Crippen LogP contribution >= 0.6 is 27.7 Å². The number of carbonyl (C=O) groups is 1. The SMILES string of the molecule is Cc1c(C(=O)N2CCCSC2=Nc2ccccc2C(C)C)oc2ccc(Br)cc12. The maximum Gasteiger partial charge on any atom is 0.295 e. The van der Waals surface area contributed by atoms with Gasteiger partial charge in [0, 0.05) is 27.7 Å². The van der Waals surface area contributed by atoms with Gasteiger partial charge in [-0.3, -0.25) is 9.69 Å². The number of amides is 1. The number of fused-ring (bicyclic) bond motifs is 1. The maximum absolute atomic E-state index is 13.4. The Kier molecular flexibility index (Phi) is 5.83. The van der Waals surface area contributed by atoms with Crippen LogP contribution in [-0.2, 0) is 0 Å². The molecule has 0 N–H and O–H groups in total. The topological polar surface area (TPSA) is 45.8 Å². The van der Waals surface area contributed by atoms with Gasteiger partial charge in [0.1, 0.15) is 5.58 Å². The molecule has 29 heavy (non-hydrogen) atoms. The lowest BCUT2D eigenvalue weighted by atomic mass is 10.0. The van der Waals surface area contributed by atoms with Crippen LogP contribution in [0.4, 0.5) is 5.69 Å². The molecule has 1 aromatic heterocycles. The van der Waals surface area contributed by atoms with Gasteiger partial charge in [0.15, 0.2) is 10.9 Å². The summed E-state index contributed by atoms with van der Waals surface area (Å²) in [6.45, 7) is 6.90. The Morgan fingerprint density at radius 3 is 2.83 bits per heavy atom. The number of rotatable bonds is 3. The molecular formula is C23H23BrN2O2S. The summed E-state index contributed by atoms with van der Waals surface area (Å²) >= 11 is 5.13. The molecule has 0 saturated carbocycles. The predicted molar refractivity (Wildman–Crippen MR) is 124 cm³/mol. The highest BCUT2D eigenvalue weighted by atomic mass is 79.9. The summed E-state index contributed by atoms with van der Waals surface area (Å²) in [7, 11) is 0. The monoisotopic (exact) mass is 470 g/mol. The zero-order chi connectivity index (χ0) is 20.5. The first-order chi connectivity index (χ1) is 14.0. The Hall–Kier alpha value is -2.05. The van der Waals surface area contributed by atoms with Crippen LogP contribution in [0.5, 0.6) is 0 Å². The molecule has 0 unspecified atom stereocenters. The third-order valence-electron chi connectivity index (χ3n) is 5.10. The second-order valence-corrected chi connectivity index (χ2v) is 9.44. The van der Waals surface area contributed by atoms with Crippen LogP contribution in [0.1, 0.15) is 47.9 Å². The van der Waals surface area contributed by atoms with E-state index in [9.17, 15) is 4.79 Å². The molecule has 1 saturated heterocycles. The molecule has 0 spiro atoms. The first-order valence-electron chi connectivity index (χ1n) is 9.76. The van der Waals surface area contributed by atoms with Crippen molar-refractivity contribution in [2.24, 2.45) is 4.99 Å². The second kappa shape index (κ2) is 8.36. The number of furan rings is 1. The minimum Gasteiger partial charge on any atom is -0.451 e. The maximum atomic E-state index is 13.4. The quantitative estimate of drug-likeness (QED) is 0.418. The number of nitrogens with zero attached hydrogens (tertiary/aromatic N) is 2. The van der Waals surface area contributed by atoms with Gasteiger partial charge in [0.05, 0.1) is 5.69 Å². The number of aliphatic imine (C=N–C) groups is 1. The fraction of sp³-hybridized carbons (Fsp3) is 0.304.